The van der Waals surface area contributed by atoms with E-state index in [2.05, 4.69) is 39.0 Å². The van der Waals surface area contributed by atoms with Gasteiger partial charge in [0.25, 0.3) is 0 Å². The number of hydrazine groups is 1. The number of nitrogens with zero attached hydrogens (tertiary/aromatic N) is 2. The highest BCUT2D eigenvalue weighted by molar-refractivity contribution is 8.00. The van der Waals surface area contributed by atoms with E-state index in [1.54, 1.807) is 18.5 Å². The van der Waals surface area contributed by atoms with Gasteiger partial charge in [-0.15, -0.1) is 11.8 Å². The Labute approximate surface area is 122 Å². The monoisotopic (exact) mass is 288 g/mol. The van der Waals surface area contributed by atoms with E-state index in [1.807, 2.05) is 13.8 Å². The third-order valence-electron chi connectivity index (χ3n) is 2.58. The molecule has 0 bridgehead atoms. The fraction of sp³-hybridized carbons (Fsp3) is 0.214. The molecule has 0 fully saturated rings. The zero-order valence-corrected chi connectivity index (χ0v) is 12.2. The van der Waals surface area contributed by atoms with Gasteiger partial charge in [0.05, 0.1) is 5.75 Å². The molecule has 2 N–H and O–H groups in total. The maximum absolute atomic E-state index is 11.7. The Morgan fingerprint density at radius 1 is 1.25 bits per heavy atom. The minimum absolute atomic E-state index is 0.122. The van der Waals surface area contributed by atoms with E-state index >= 15 is 0 Å². The van der Waals surface area contributed by atoms with Crippen molar-refractivity contribution in [1.29, 1.82) is 0 Å². The number of aromatic nitrogens is 2. The van der Waals surface area contributed by atoms with Crippen molar-refractivity contribution >= 4 is 23.6 Å². The lowest BCUT2D eigenvalue weighted by Gasteiger charge is -2.08. The first-order chi connectivity index (χ1) is 9.65. The summed E-state index contributed by atoms with van der Waals surface area (Å²) in [5, 5.41) is 0. The predicted molar refractivity (Wildman–Crippen MR) is 80.4 cm³/mol. The van der Waals surface area contributed by atoms with Crippen LogP contribution in [0.25, 0.3) is 0 Å². The second-order valence-corrected chi connectivity index (χ2v) is 5.32. The Morgan fingerprint density at radius 2 is 2.00 bits per heavy atom. The van der Waals surface area contributed by atoms with E-state index in [0.29, 0.717) is 11.7 Å². The van der Waals surface area contributed by atoms with E-state index in [9.17, 15) is 4.79 Å². The first kappa shape index (κ1) is 14.3. The van der Waals surface area contributed by atoms with Gasteiger partial charge in [-0.3, -0.25) is 15.6 Å². The molecule has 104 valence electrons. The number of carbonyl (C=O) groups excluding carboxylic acids is 1. The number of benzene rings is 1. The standard InChI is InChI=1S/C14H16N4OS/c1-10-4-5-11(2)12(8-10)20-9-13(19)17-18-14-15-6-3-7-16-14/h3-8H,9H2,1-2H3,(H,17,19)(H,15,16,18). The quantitative estimate of drug-likeness (QED) is 0.653. The maximum Gasteiger partial charge on any atom is 0.248 e. The second-order valence-electron chi connectivity index (χ2n) is 4.30. The number of rotatable bonds is 5. The van der Waals surface area contributed by atoms with Gasteiger partial charge in [-0.2, -0.15) is 0 Å². The van der Waals surface area contributed by atoms with Crippen LogP contribution in [-0.4, -0.2) is 21.6 Å². The van der Waals surface area contributed by atoms with Gasteiger partial charge in [0, 0.05) is 17.3 Å². The minimum atomic E-state index is -0.122. The van der Waals surface area contributed by atoms with E-state index in [1.165, 1.54) is 22.9 Å². The molecule has 0 radical (unpaired) electrons. The zero-order chi connectivity index (χ0) is 14.4. The van der Waals surface area contributed by atoms with Crippen LogP contribution in [0.2, 0.25) is 0 Å². The largest absolute Gasteiger partial charge is 0.272 e. The summed E-state index contributed by atoms with van der Waals surface area (Å²) in [7, 11) is 0. The number of hydrogen-bond acceptors (Lipinski definition) is 5. The fourth-order valence-corrected chi connectivity index (χ4v) is 2.46. The van der Waals surface area contributed by atoms with E-state index in [-0.39, 0.29) is 5.91 Å². The predicted octanol–water partition coefficient (Wildman–Crippen LogP) is 2.33. The molecule has 0 aliphatic carbocycles. The van der Waals surface area contributed by atoms with Crippen molar-refractivity contribution in [2.75, 3.05) is 11.2 Å². The molecule has 0 saturated carbocycles. The van der Waals surface area contributed by atoms with Crippen LogP contribution in [-0.2, 0) is 4.79 Å². The van der Waals surface area contributed by atoms with Gasteiger partial charge in [0.2, 0.25) is 11.9 Å². The van der Waals surface area contributed by atoms with Crippen molar-refractivity contribution in [3.8, 4) is 0 Å². The van der Waals surface area contributed by atoms with Crippen LogP contribution in [0.5, 0.6) is 0 Å². The average Bonchev–Trinajstić information content (AvgIpc) is 2.47. The number of anilines is 1. The molecule has 1 aromatic carbocycles. The molecule has 0 aliphatic heterocycles. The molecule has 0 atom stereocenters. The summed E-state index contributed by atoms with van der Waals surface area (Å²) in [5.41, 5.74) is 7.60. The highest BCUT2D eigenvalue weighted by Crippen LogP contribution is 2.23. The number of nitrogens with one attached hydrogen (secondary N) is 2. The summed E-state index contributed by atoms with van der Waals surface area (Å²) in [6, 6.07) is 7.92. The lowest BCUT2D eigenvalue weighted by atomic mass is 10.2. The van der Waals surface area contributed by atoms with Crippen LogP contribution in [0.1, 0.15) is 11.1 Å². The molecular weight excluding hydrogens is 272 g/mol. The first-order valence-electron chi connectivity index (χ1n) is 6.17. The van der Waals surface area contributed by atoms with Crippen LogP contribution < -0.4 is 10.9 Å². The van der Waals surface area contributed by atoms with Crippen molar-refractivity contribution in [3.05, 3.63) is 47.8 Å². The molecule has 1 amide bonds. The van der Waals surface area contributed by atoms with Crippen LogP contribution in [0, 0.1) is 13.8 Å². The van der Waals surface area contributed by atoms with Gasteiger partial charge in [-0.25, -0.2) is 9.97 Å². The second kappa shape index (κ2) is 6.91. The van der Waals surface area contributed by atoms with Gasteiger partial charge < -0.3 is 0 Å². The summed E-state index contributed by atoms with van der Waals surface area (Å²) in [4.78, 5) is 20.8. The van der Waals surface area contributed by atoms with Crippen molar-refractivity contribution in [3.63, 3.8) is 0 Å². The zero-order valence-electron chi connectivity index (χ0n) is 11.4. The molecule has 1 heterocycles. The Hall–Kier alpha value is -2.08. The van der Waals surface area contributed by atoms with Crippen LogP contribution in [0.4, 0.5) is 5.95 Å². The molecule has 0 spiro atoms. The van der Waals surface area contributed by atoms with Gasteiger partial charge in [-0.05, 0) is 31.5 Å². The Bertz CT molecular complexity index is 589. The molecule has 0 saturated heterocycles. The normalized spacial score (nSPS) is 10.1. The average molecular weight is 288 g/mol. The Kier molecular flexibility index (Phi) is 4.95. The lowest BCUT2D eigenvalue weighted by Crippen LogP contribution is -2.31. The molecule has 1 aromatic heterocycles. The molecular formula is C14H16N4OS. The van der Waals surface area contributed by atoms with Crippen LogP contribution >= 0.6 is 11.8 Å². The minimum Gasteiger partial charge on any atom is -0.272 e. The summed E-state index contributed by atoms with van der Waals surface area (Å²) in [6.45, 7) is 4.08. The van der Waals surface area contributed by atoms with E-state index < -0.39 is 0 Å². The number of carbonyl (C=O) groups is 1. The van der Waals surface area contributed by atoms with E-state index in [0.717, 1.165) is 4.90 Å². The highest BCUT2D eigenvalue weighted by atomic mass is 32.2. The van der Waals surface area contributed by atoms with Gasteiger partial charge in [0.1, 0.15) is 0 Å². The summed E-state index contributed by atoms with van der Waals surface area (Å²) in [5.74, 6) is 0.588. The number of thioether (sulfide) groups is 1. The van der Waals surface area contributed by atoms with Gasteiger partial charge >= 0.3 is 0 Å². The van der Waals surface area contributed by atoms with Gasteiger partial charge in [-0.1, -0.05) is 17.7 Å². The number of amides is 1. The summed E-state index contributed by atoms with van der Waals surface area (Å²) >= 11 is 1.51. The summed E-state index contributed by atoms with van der Waals surface area (Å²) < 4.78 is 0. The third-order valence-corrected chi connectivity index (χ3v) is 3.74. The molecule has 5 nitrogen and oxygen atoms in total. The van der Waals surface area contributed by atoms with Crippen molar-refractivity contribution in [2.45, 2.75) is 18.7 Å². The first-order valence-corrected chi connectivity index (χ1v) is 7.15. The fourth-order valence-electron chi connectivity index (χ4n) is 1.53. The molecule has 2 aromatic rings. The van der Waals surface area contributed by atoms with Crippen molar-refractivity contribution in [2.24, 2.45) is 0 Å². The molecule has 2 rings (SSSR count). The Morgan fingerprint density at radius 3 is 2.75 bits per heavy atom. The van der Waals surface area contributed by atoms with E-state index in [4.69, 9.17) is 0 Å². The van der Waals surface area contributed by atoms with Gasteiger partial charge in [0.15, 0.2) is 0 Å². The van der Waals surface area contributed by atoms with Crippen molar-refractivity contribution < 1.29 is 4.79 Å². The Balaban J connectivity index is 1.82. The molecule has 6 heteroatoms. The number of aryl methyl sites for hydroxylation is 2. The van der Waals surface area contributed by atoms with Crippen molar-refractivity contribution in [1.82, 2.24) is 15.4 Å². The molecule has 0 unspecified atom stereocenters. The SMILES string of the molecule is Cc1ccc(C)c(SCC(=O)NNc2ncccn2)c1. The molecule has 20 heavy (non-hydrogen) atoms. The smallest absolute Gasteiger partial charge is 0.248 e. The number of hydrogen-bond donors (Lipinski definition) is 2. The summed E-state index contributed by atoms with van der Waals surface area (Å²) in [6.07, 6.45) is 3.21. The highest BCUT2D eigenvalue weighted by Gasteiger charge is 2.05. The third kappa shape index (κ3) is 4.24. The lowest BCUT2D eigenvalue weighted by molar-refractivity contribution is -0.118. The topological polar surface area (TPSA) is 66.9 Å². The maximum atomic E-state index is 11.7. The molecule has 0 aliphatic rings. The van der Waals surface area contributed by atoms with Crippen LogP contribution in [0.15, 0.2) is 41.6 Å². The van der Waals surface area contributed by atoms with Crippen LogP contribution in [0.3, 0.4) is 0 Å².